The minimum atomic E-state index is 0.0831. The van der Waals surface area contributed by atoms with Crippen molar-refractivity contribution >= 4 is 11.9 Å². The van der Waals surface area contributed by atoms with Crippen molar-refractivity contribution in [3.05, 3.63) is 12.4 Å². The van der Waals surface area contributed by atoms with Gasteiger partial charge in [-0.1, -0.05) is 0 Å². The summed E-state index contributed by atoms with van der Waals surface area (Å²) in [6.07, 6.45) is 4.63. The smallest absolute Gasteiger partial charge is 0.228 e. The molecule has 0 bridgehead atoms. The number of aromatic nitrogens is 2. The summed E-state index contributed by atoms with van der Waals surface area (Å²) in [5, 5.41) is 0. The van der Waals surface area contributed by atoms with Crippen molar-refractivity contribution in [2.45, 2.75) is 6.42 Å². The predicted octanol–water partition coefficient (Wildman–Crippen LogP) is 0.105. The van der Waals surface area contributed by atoms with E-state index in [1.54, 1.807) is 0 Å². The molecule has 104 valence electrons. The maximum Gasteiger partial charge on any atom is 0.228 e. The number of carbonyl (C=O) groups is 1. The van der Waals surface area contributed by atoms with Gasteiger partial charge in [0.2, 0.25) is 11.9 Å². The number of imidazole rings is 1. The zero-order valence-electron chi connectivity index (χ0n) is 11.3. The molecule has 0 N–H and O–H groups in total. The van der Waals surface area contributed by atoms with E-state index >= 15 is 0 Å². The van der Waals surface area contributed by atoms with Crippen molar-refractivity contribution in [3.63, 3.8) is 0 Å². The van der Waals surface area contributed by atoms with Crippen LogP contribution in [0.15, 0.2) is 12.4 Å². The minimum Gasteiger partial charge on any atom is -0.381 e. The first-order valence-corrected chi connectivity index (χ1v) is 6.84. The van der Waals surface area contributed by atoms with Crippen molar-refractivity contribution in [2.75, 3.05) is 44.3 Å². The molecule has 0 unspecified atom stereocenters. The Labute approximate surface area is 113 Å². The number of piperazine rings is 1. The van der Waals surface area contributed by atoms with E-state index in [4.69, 9.17) is 4.74 Å². The number of carbonyl (C=O) groups excluding carboxylic acids is 1. The van der Waals surface area contributed by atoms with E-state index in [9.17, 15) is 4.79 Å². The maximum atomic E-state index is 12.3. The van der Waals surface area contributed by atoms with Gasteiger partial charge in [0.15, 0.2) is 0 Å². The summed E-state index contributed by atoms with van der Waals surface area (Å²) in [6.45, 7) is 4.58. The molecule has 3 rings (SSSR count). The Morgan fingerprint density at radius 3 is 2.74 bits per heavy atom. The van der Waals surface area contributed by atoms with Gasteiger partial charge in [-0.2, -0.15) is 0 Å². The number of ether oxygens (including phenoxy) is 1. The third-order valence-corrected chi connectivity index (χ3v) is 3.95. The second kappa shape index (κ2) is 5.21. The highest BCUT2D eigenvalue weighted by molar-refractivity contribution is 5.79. The number of anilines is 1. The van der Waals surface area contributed by atoms with Crippen molar-refractivity contribution < 1.29 is 9.53 Å². The van der Waals surface area contributed by atoms with Crippen LogP contribution in [0.2, 0.25) is 0 Å². The van der Waals surface area contributed by atoms with Gasteiger partial charge in [0.05, 0.1) is 12.5 Å². The minimum absolute atomic E-state index is 0.0831. The Morgan fingerprint density at radius 1 is 1.37 bits per heavy atom. The monoisotopic (exact) mass is 264 g/mol. The fraction of sp³-hybridized carbons (Fsp3) is 0.692. The van der Waals surface area contributed by atoms with E-state index in [1.165, 1.54) is 0 Å². The highest BCUT2D eigenvalue weighted by Crippen LogP contribution is 2.18. The summed E-state index contributed by atoms with van der Waals surface area (Å²) in [5.74, 6) is 1.33. The second-order valence-electron chi connectivity index (χ2n) is 5.21. The van der Waals surface area contributed by atoms with Gasteiger partial charge in [-0.3, -0.25) is 4.79 Å². The van der Waals surface area contributed by atoms with Crippen LogP contribution in [0, 0.1) is 5.92 Å². The molecule has 1 atom stereocenters. The van der Waals surface area contributed by atoms with Crippen LogP contribution in [0.4, 0.5) is 5.95 Å². The average molecular weight is 264 g/mol. The Balaban J connectivity index is 1.57. The van der Waals surface area contributed by atoms with Crippen molar-refractivity contribution in [1.29, 1.82) is 0 Å². The van der Waals surface area contributed by atoms with Gasteiger partial charge < -0.3 is 19.1 Å². The third kappa shape index (κ3) is 2.45. The van der Waals surface area contributed by atoms with E-state index in [1.807, 2.05) is 28.9 Å². The average Bonchev–Trinajstić information content (AvgIpc) is 3.09. The van der Waals surface area contributed by atoms with Crippen LogP contribution in [0.5, 0.6) is 0 Å². The van der Waals surface area contributed by atoms with E-state index in [-0.39, 0.29) is 11.8 Å². The highest BCUT2D eigenvalue weighted by Gasteiger charge is 2.30. The van der Waals surface area contributed by atoms with E-state index in [2.05, 4.69) is 9.88 Å². The molecule has 2 fully saturated rings. The van der Waals surface area contributed by atoms with Crippen LogP contribution < -0.4 is 4.90 Å². The zero-order valence-corrected chi connectivity index (χ0v) is 11.3. The van der Waals surface area contributed by atoms with Crippen LogP contribution in [0.25, 0.3) is 0 Å². The fourth-order valence-electron chi connectivity index (χ4n) is 2.78. The fourth-order valence-corrected chi connectivity index (χ4v) is 2.78. The molecule has 0 aromatic carbocycles. The lowest BCUT2D eigenvalue weighted by Gasteiger charge is -2.36. The Bertz CT molecular complexity index is 445. The van der Waals surface area contributed by atoms with Gasteiger partial charge in [-0.15, -0.1) is 0 Å². The standard InChI is InChI=1S/C13H20N4O2/c1-15-4-3-14-13(15)17-7-5-16(6-8-17)12(18)11-2-9-19-10-11/h3-4,11H,2,5-10H2,1H3/t11-/m0/s1. The molecular formula is C13H20N4O2. The summed E-state index contributed by atoms with van der Waals surface area (Å²) in [6, 6.07) is 0. The highest BCUT2D eigenvalue weighted by atomic mass is 16.5. The molecule has 0 aliphatic carbocycles. The largest absolute Gasteiger partial charge is 0.381 e. The SMILES string of the molecule is Cn1ccnc1N1CCN(C(=O)[C@H]2CCOC2)CC1. The van der Waals surface area contributed by atoms with E-state index in [0.717, 1.165) is 45.2 Å². The number of aryl methyl sites for hydroxylation is 1. The van der Waals surface area contributed by atoms with Gasteiger partial charge >= 0.3 is 0 Å². The second-order valence-corrected chi connectivity index (χ2v) is 5.21. The lowest BCUT2D eigenvalue weighted by atomic mass is 10.1. The zero-order chi connectivity index (χ0) is 13.2. The first-order valence-electron chi connectivity index (χ1n) is 6.84. The number of nitrogens with zero attached hydrogens (tertiary/aromatic N) is 4. The van der Waals surface area contributed by atoms with Gasteiger partial charge in [-0.25, -0.2) is 4.98 Å². The molecule has 19 heavy (non-hydrogen) atoms. The molecule has 2 aliphatic heterocycles. The topological polar surface area (TPSA) is 50.6 Å². The van der Waals surface area contributed by atoms with E-state index in [0.29, 0.717) is 6.61 Å². The molecule has 0 spiro atoms. The van der Waals surface area contributed by atoms with Gasteiger partial charge in [-0.05, 0) is 6.42 Å². The van der Waals surface area contributed by atoms with Gasteiger partial charge in [0, 0.05) is 52.2 Å². The lowest BCUT2D eigenvalue weighted by Crippen LogP contribution is -2.51. The molecule has 6 heteroatoms. The molecule has 3 heterocycles. The predicted molar refractivity (Wildman–Crippen MR) is 70.9 cm³/mol. The molecule has 6 nitrogen and oxygen atoms in total. The van der Waals surface area contributed by atoms with Gasteiger partial charge in [0.1, 0.15) is 0 Å². The molecule has 1 aromatic rings. The van der Waals surface area contributed by atoms with Gasteiger partial charge in [0.25, 0.3) is 0 Å². The van der Waals surface area contributed by atoms with Crippen LogP contribution in [-0.2, 0) is 16.6 Å². The van der Waals surface area contributed by atoms with Crippen LogP contribution in [0.3, 0.4) is 0 Å². The Hall–Kier alpha value is -1.56. The van der Waals surface area contributed by atoms with Crippen LogP contribution in [0.1, 0.15) is 6.42 Å². The molecule has 1 amide bonds. The summed E-state index contributed by atoms with van der Waals surface area (Å²) < 4.78 is 7.31. The summed E-state index contributed by atoms with van der Waals surface area (Å²) in [4.78, 5) is 20.8. The number of hydrogen-bond donors (Lipinski definition) is 0. The van der Waals surface area contributed by atoms with Crippen LogP contribution >= 0.6 is 0 Å². The number of rotatable bonds is 2. The van der Waals surface area contributed by atoms with Crippen molar-refractivity contribution in [3.8, 4) is 0 Å². The van der Waals surface area contributed by atoms with Crippen LogP contribution in [-0.4, -0.2) is 59.8 Å². The molecule has 0 radical (unpaired) electrons. The first kappa shape index (κ1) is 12.5. The number of hydrogen-bond acceptors (Lipinski definition) is 4. The summed E-state index contributed by atoms with van der Waals surface area (Å²) >= 11 is 0. The third-order valence-electron chi connectivity index (χ3n) is 3.95. The lowest BCUT2D eigenvalue weighted by molar-refractivity contribution is -0.135. The quantitative estimate of drug-likeness (QED) is 0.760. The Morgan fingerprint density at radius 2 is 2.16 bits per heavy atom. The normalized spacial score (nSPS) is 23.9. The molecule has 1 aromatic heterocycles. The summed E-state index contributed by atoms with van der Waals surface area (Å²) in [7, 11) is 2.00. The summed E-state index contributed by atoms with van der Waals surface area (Å²) in [5.41, 5.74) is 0. The molecule has 2 saturated heterocycles. The Kier molecular flexibility index (Phi) is 3.42. The maximum absolute atomic E-state index is 12.3. The molecule has 0 saturated carbocycles. The molecular weight excluding hydrogens is 244 g/mol. The first-order chi connectivity index (χ1) is 9.25. The molecule has 2 aliphatic rings. The number of amides is 1. The van der Waals surface area contributed by atoms with Crippen molar-refractivity contribution in [1.82, 2.24) is 14.5 Å². The van der Waals surface area contributed by atoms with E-state index < -0.39 is 0 Å². The van der Waals surface area contributed by atoms with Crippen molar-refractivity contribution in [2.24, 2.45) is 13.0 Å².